The number of carbonyl (C=O) groups is 1. The summed E-state index contributed by atoms with van der Waals surface area (Å²) in [5.74, 6) is 0.808. The van der Waals surface area contributed by atoms with Crippen LogP contribution in [0.15, 0.2) is 90.3 Å². The Labute approximate surface area is 214 Å². The maximum atomic E-state index is 12.4. The second-order valence-corrected chi connectivity index (χ2v) is 8.75. The Morgan fingerprint density at radius 1 is 1.05 bits per heavy atom. The molecule has 0 fully saturated rings. The highest BCUT2D eigenvalue weighted by atomic mass is 16.5. The fourth-order valence-electron chi connectivity index (χ4n) is 4.58. The van der Waals surface area contributed by atoms with E-state index in [2.05, 4.69) is 11.4 Å². The zero-order valence-electron chi connectivity index (χ0n) is 20.4. The first-order chi connectivity index (χ1) is 18.0. The standard InChI is InChI=1S/C30H25N3O4/c1-18-6-5-8-21(14-18)33-27(34)17-36-25-13-11-20(15-26(25)35-2)28-23-12-10-19-7-3-4-9-22(19)29(23)37-30(32)24(28)16-31/h3-15,28H,17,32H2,1-2H3,(H,33,34)/t28-/m0/s1. The number of hydrogen-bond acceptors (Lipinski definition) is 6. The molecule has 5 rings (SSSR count). The Bertz CT molecular complexity index is 1590. The molecule has 1 aliphatic rings. The Morgan fingerprint density at radius 2 is 1.89 bits per heavy atom. The zero-order valence-corrected chi connectivity index (χ0v) is 20.4. The molecule has 0 unspecified atom stereocenters. The van der Waals surface area contributed by atoms with Crippen LogP contribution in [0.5, 0.6) is 17.2 Å². The lowest BCUT2D eigenvalue weighted by molar-refractivity contribution is -0.118. The van der Waals surface area contributed by atoms with Gasteiger partial charge in [0.1, 0.15) is 17.4 Å². The van der Waals surface area contributed by atoms with Crippen molar-refractivity contribution in [1.82, 2.24) is 0 Å². The first-order valence-electron chi connectivity index (χ1n) is 11.7. The molecule has 7 heteroatoms. The van der Waals surface area contributed by atoms with Crippen molar-refractivity contribution in [2.45, 2.75) is 12.8 Å². The number of nitriles is 1. The number of anilines is 1. The number of fused-ring (bicyclic) bond motifs is 3. The maximum absolute atomic E-state index is 12.4. The summed E-state index contributed by atoms with van der Waals surface area (Å²) in [5, 5.41) is 14.7. The van der Waals surface area contributed by atoms with Crippen LogP contribution >= 0.6 is 0 Å². The van der Waals surface area contributed by atoms with E-state index in [1.165, 1.54) is 7.11 Å². The van der Waals surface area contributed by atoms with Crippen LogP contribution in [-0.4, -0.2) is 19.6 Å². The van der Waals surface area contributed by atoms with E-state index < -0.39 is 5.92 Å². The second kappa shape index (κ2) is 9.96. The van der Waals surface area contributed by atoms with Crippen molar-refractivity contribution in [3.8, 4) is 23.3 Å². The van der Waals surface area contributed by atoms with E-state index in [1.807, 2.05) is 73.7 Å². The highest BCUT2D eigenvalue weighted by Gasteiger charge is 2.32. The number of nitrogens with one attached hydrogen (secondary N) is 1. The molecule has 0 saturated carbocycles. The monoisotopic (exact) mass is 491 g/mol. The minimum atomic E-state index is -0.453. The molecule has 0 radical (unpaired) electrons. The number of hydrogen-bond donors (Lipinski definition) is 2. The van der Waals surface area contributed by atoms with Crippen LogP contribution in [-0.2, 0) is 4.79 Å². The van der Waals surface area contributed by atoms with Crippen molar-refractivity contribution < 1.29 is 19.0 Å². The molecule has 0 spiro atoms. The van der Waals surface area contributed by atoms with Crippen molar-refractivity contribution >= 4 is 22.4 Å². The predicted molar refractivity (Wildman–Crippen MR) is 142 cm³/mol. The van der Waals surface area contributed by atoms with Crippen LogP contribution in [0.2, 0.25) is 0 Å². The first-order valence-corrected chi connectivity index (χ1v) is 11.7. The van der Waals surface area contributed by atoms with Gasteiger partial charge in [0.05, 0.1) is 13.0 Å². The van der Waals surface area contributed by atoms with E-state index in [-0.39, 0.29) is 18.4 Å². The first kappa shape index (κ1) is 23.8. The summed E-state index contributed by atoms with van der Waals surface area (Å²) in [4.78, 5) is 12.4. The summed E-state index contributed by atoms with van der Waals surface area (Å²) in [7, 11) is 1.53. The van der Waals surface area contributed by atoms with Gasteiger partial charge in [0.2, 0.25) is 5.88 Å². The largest absolute Gasteiger partial charge is 0.493 e. The Kier molecular flexibility index (Phi) is 6.40. The molecule has 1 heterocycles. The van der Waals surface area contributed by atoms with Crippen LogP contribution in [0.3, 0.4) is 0 Å². The van der Waals surface area contributed by atoms with Crippen LogP contribution in [0.1, 0.15) is 22.6 Å². The second-order valence-electron chi connectivity index (χ2n) is 8.75. The fourth-order valence-corrected chi connectivity index (χ4v) is 4.58. The Hall–Kier alpha value is -4.96. The van der Waals surface area contributed by atoms with Gasteiger partial charge in [-0.25, -0.2) is 0 Å². The molecule has 1 atom stereocenters. The third-order valence-corrected chi connectivity index (χ3v) is 6.29. The van der Waals surface area contributed by atoms with E-state index in [0.29, 0.717) is 28.5 Å². The topological polar surface area (TPSA) is 107 Å². The van der Waals surface area contributed by atoms with Crippen LogP contribution in [0, 0.1) is 18.3 Å². The van der Waals surface area contributed by atoms with E-state index in [0.717, 1.165) is 27.5 Å². The third-order valence-electron chi connectivity index (χ3n) is 6.29. The maximum Gasteiger partial charge on any atom is 0.262 e. The summed E-state index contributed by atoms with van der Waals surface area (Å²) in [5.41, 5.74) is 9.89. The van der Waals surface area contributed by atoms with E-state index in [4.69, 9.17) is 19.9 Å². The molecule has 0 aliphatic carbocycles. The molecular formula is C30H25N3O4. The molecular weight excluding hydrogens is 466 g/mol. The van der Waals surface area contributed by atoms with Crippen LogP contribution in [0.25, 0.3) is 10.8 Å². The number of amides is 1. The normalized spacial score (nSPS) is 14.4. The number of benzene rings is 4. The zero-order chi connectivity index (χ0) is 25.9. The average Bonchev–Trinajstić information content (AvgIpc) is 2.91. The van der Waals surface area contributed by atoms with Gasteiger partial charge in [0.25, 0.3) is 5.91 Å². The van der Waals surface area contributed by atoms with E-state index in [9.17, 15) is 10.1 Å². The molecule has 4 aromatic rings. The average molecular weight is 492 g/mol. The van der Waals surface area contributed by atoms with Crippen molar-refractivity contribution in [3.05, 3.63) is 107 Å². The summed E-state index contributed by atoms with van der Waals surface area (Å²) >= 11 is 0. The number of aryl methyl sites for hydroxylation is 1. The van der Waals surface area contributed by atoms with Crippen molar-refractivity contribution in [1.29, 1.82) is 5.26 Å². The lowest BCUT2D eigenvalue weighted by Crippen LogP contribution is -2.21. The van der Waals surface area contributed by atoms with Gasteiger partial charge in [-0.05, 0) is 47.7 Å². The minimum Gasteiger partial charge on any atom is -0.493 e. The predicted octanol–water partition coefficient (Wildman–Crippen LogP) is 5.39. The number of methoxy groups -OCH3 is 1. The fraction of sp³-hybridized carbons (Fsp3) is 0.133. The van der Waals surface area contributed by atoms with Gasteiger partial charge in [-0.1, -0.05) is 54.6 Å². The van der Waals surface area contributed by atoms with Gasteiger partial charge in [0.15, 0.2) is 18.1 Å². The third kappa shape index (κ3) is 4.65. The molecule has 3 N–H and O–H groups in total. The highest BCUT2D eigenvalue weighted by molar-refractivity contribution is 5.92. The quantitative estimate of drug-likeness (QED) is 0.374. The number of nitrogens with zero attached hydrogens (tertiary/aromatic N) is 1. The summed E-state index contributed by atoms with van der Waals surface area (Å²) in [6.07, 6.45) is 0. The molecule has 184 valence electrons. The number of rotatable bonds is 6. The molecule has 1 amide bonds. The molecule has 4 aromatic carbocycles. The summed E-state index contributed by atoms with van der Waals surface area (Å²) in [6.45, 7) is 1.77. The molecule has 7 nitrogen and oxygen atoms in total. The van der Waals surface area contributed by atoms with Crippen molar-refractivity contribution in [2.75, 3.05) is 19.0 Å². The molecule has 0 bridgehead atoms. The summed E-state index contributed by atoms with van der Waals surface area (Å²) in [6, 6.07) is 26.9. The molecule has 1 aliphatic heterocycles. The highest BCUT2D eigenvalue weighted by Crippen LogP contribution is 2.46. The van der Waals surface area contributed by atoms with Gasteiger partial charge >= 0.3 is 0 Å². The van der Waals surface area contributed by atoms with E-state index in [1.54, 1.807) is 12.1 Å². The number of allylic oxidation sites excluding steroid dienone is 1. The number of carbonyl (C=O) groups excluding carboxylic acids is 1. The number of nitrogens with two attached hydrogens (primary N) is 1. The summed E-state index contributed by atoms with van der Waals surface area (Å²) < 4.78 is 17.3. The van der Waals surface area contributed by atoms with Crippen LogP contribution < -0.4 is 25.3 Å². The van der Waals surface area contributed by atoms with Crippen LogP contribution in [0.4, 0.5) is 5.69 Å². The van der Waals surface area contributed by atoms with Gasteiger partial charge in [-0.15, -0.1) is 0 Å². The van der Waals surface area contributed by atoms with Gasteiger partial charge in [-0.2, -0.15) is 5.26 Å². The molecule has 37 heavy (non-hydrogen) atoms. The Morgan fingerprint density at radius 3 is 2.68 bits per heavy atom. The van der Waals surface area contributed by atoms with Crippen molar-refractivity contribution in [2.24, 2.45) is 5.73 Å². The smallest absolute Gasteiger partial charge is 0.262 e. The van der Waals surface area contributed by atoms with Crippen molar-refractivity contribution in [3.63, 3.8) is 0 Å². The lowest BCUT2D eigenvalue weighted by atomic mass is 9.82. The number of ether oxygens (including phenoxy) is 3. The SMILES string of the molecule is COc1cc([C@@H]2C(C#N)=C(N)Oc3c2ccc2ccccc32)ccc1OCC(=O)Nc1cccc(C)c1. The lowest BCUT2D eigenvalue weighted by Gasteiger charge is -2.28. The molecule has 0 saturated heterocycles. The minimum absolute atomic E-state index is 0.0727. The Balaban J connectivity index is 1.44. The van der Waals surface area contributed by atoms with E-state index >= 15 is 0 Å². The van der Waals surface area contributed by atoms with Gasteiger partial charge in [-0.3, -0.25) is 4.79 Å². The molecule has 0 aromatic heterocycles. The van der Waals surface area contributed by atoms with Gasteiger partial charge < -0.3 is 25.3 Å². The van der Waals surface area contributed by atoms with Gasteiger partial charge in [0, 0.05) is 16.6 Å².